The van der Waals surface area contributed by atoms with Crippen LogP contribution in [0.2, 0.25) is 0 Å². The molecule has 0 heterocycles. The maximum absolute atomic E-state index is 9.74. The number of nitrogens with zero attached hydrogens (tertiary/aromatic N) is 3. The zero-order valence-corrected chi connectivity index (χ0v) is 13.1. The van der Waals surface area contributed by atoms with E-state index in [1.807, 2.05) is 37.3 Å². The van der Waals surface area contributed by atoms with E-state index in [2.05, 4.69) is 42.3 Å². The van der Waals surface area contributed by atoms with Gasteiger partial charge in [-0.1, -0.05) is 37.3 Å². The Balaban J connectivity index is 2.87. The van der Waals surface area contributed by atoms with Crippen LogP contribution < -0.4 is 5.32 Å². The number of hydrogen-bond acceptors (Lipinski definition) is 4. The molecule has 0 aliphatic carbocycles. The van der Waals surface area contributed by atoms with Gasteiger partial charge in [0.25, 0.3) is 0 Å². The first-order valence-corrected chi connectivity index (χ1v) is 7.09. The molecule has 0 bridgehead atoms. The van der Waals surface area contributed by atoms with Gasteiger partial charge in [-0.25, -0.2) is 0 Å². The van der Waals surface area contributed by atoms with Crippen molar-refractivity contribution in [3.05, 3.63) is 35.9 Å². The van der Waals surface area contributed by atoms with Crippen molar-refractivity contribution in [2.45, 2.75) is 12.5 Å². The first kappa shape index (κ1) is 16.6. The van der Waals surface area contributed by atoms with Crippen LogP contribution in [0.5, 0.6) is 0 Å². The van der Waals surface area contributed by atoms with Crippen molar-refractivity contribution in [3.63, 3.8) is 0 Å². The Bertz CT molecular complexity index is 424. The van der Waals surface area contributed by atoms with E-state index in [1.165, 1.54) is 0 Å². The van der Waals surface area contributed by atoms with E-state index >= 15 is 0 Å². The van der Waals surface area contributed by atoms with Crippen LogP contribution in [0.4, 0.5) is 0 Å². The third-order valence-corrected chi connectivity index (χ3v) is 3.37. The minimum atomic E-state index is -0.642. The predicted molar refractivity (Wildman–Crippen MR) is 83.5 cm³/mol. The quantitative estimate of drug-likeness (QED) is 0.780. The zero-order chi connectivity index (χ0) is 15.0. The van der Waals surface area contributed by atoms with Crippen molar-refractivity contribution in [1.29, 1.82) is 5.26 Å². The fourth-order valence-corrected chi connectivity index (χ4v) is 2.27. The lowest BCUT2D eigenvalue weighted by Crippen LogP contribution is -2.50. The van der Waals surface area contributed by atoms with Gasteiger partial charge in [-0.15, -0.1) is 0 Å². The molecule has 0 amide bonds. The largest absolute Gasteiger partial charge is 0.308 e. The minimum Gasteiger partial charge on any atom is -0.308 e. The monoisotopic (exact) mass is 274 g/mol. The van der Waals surface area contributed by atoms with E-state index in [0.29, 0.717) is 6.54 Å². The fraction of sp³-hybridized carbons (Fsp3) is 0.562. The van der Waals surface area contributed by atoms with Crippen LogP contribution in [-0.2, 0) is 5.54 Å². The topological polar surface area (TPSA) is 42.3 Å². The van der Waals surface area contributed by atoms with Crippen molar-refractivity contribution in [1.82, 2.24) is 15.1 Å². The average Bonchev–Trinajstić information content (AvgIpc) is 2.45. The molecule has 4 nitrogen and oxygen atoms in total. The summed E-state index contributed by atoms with van der Waals surface area (Å²) in [4.78, 5) is 4.36. The Labute approximate surface area is 123 Å². The lowest BCUT2D eigenvalue weighted by molar-refractivity contribution is 0.229. The van der Waals surface area contributed by atoms with Gasteiger partial charge in [0.05, 0.1) is 6.07 Å². The lowest BCUT2D eigenvalue weighted by atomic mass is 9.90. The van der Waals surface area contributed by atoms with Gasteiger partial charge in [-0.2, -0.15) is 5.26 Å². The van der Waals surface area contributed by atoms with E-state index in [0.717, 1.165) is 25.2 Å². The number of likely N-dealkylation sites (N-methyl/N-ethyl adjacent to an activating group) is 3. The summed E-state index contributed by atoms with van der Waals surface area (Å²) in [5, 5.41) is 13.1. The summed E-state index contributed by atoms with van der Waals surface area (Å²) >= 11 is 0. The molecule has 110 valence electrons. The molecule has 0 saturated carbocycles. The normalized spacial score (nSPS) is 14.2. The summed E-state index contributed by atoms with van der Waals surface area (Å²) in [5.74, 6) is 0. The summed E-state index contributed by atoms with van der Waals surface area (Å²) in [6.45, 7) is 5.40. The number of rotatable bonds is 8. The van der Waals surface area contributed by atoms with Crippen molar-refractivity contribution >= 4 is 0 Å². The second kappa shape index (κ2) is 8.01. The van der Waals surface area contributed by atoms with Crippen LogP contribution >= 0.6 is 0 Å². The number of benzene rings is 1. The molecule has 4 heteroatoms. The second-order valence-corrected chi connectivity index (χ2v) is 5.45. The maximum Gasteiger partial charge on any atom is 0.145 e. The predicted octanol–water partition coefficient (Wildman–Crippen LogP) is 1.51. The highest BCUT2D eigenvalue weighted by Crippen LogP contribution is 2.21. The van der Waals surface area contributed by atoms with Crippen LogP contribution in [0.1, 0.15) is 12.5 Å². The smallest absolute Gasteiger partial charge is 0.145 e. The zero-order valence-electron chi connectivity index (χ0n) is 13.1. The molecule has 0 fully saturated rings. The number of nitriles is 1. The average molecular weight is 274 g/mol. The summed E-state index contributed by atoms with van der Waals surface area (Å²) < 4.78 is 0. The van der Waals surface area contributed by atoms with Gasteiger partial charge in [0.2, 0.25) is 0 Å². The van der Waals surface area contributed by atoms with Crippen LogP contribution in [-0.4, -0.2) is 57.1 Å². The van der Waals surface area contributed by atoms with Crippen LogP contribution in [0.25, 0.3) is 0 Å². The van der Waals surface area contributed by atoms with Crippen molar-refractivity contribution in [2.24, 2.45) is 0 Å². The second-order valence-electron chi connectivity index (χ2n) is 5.45. The van der Waals surface area contributed by atoms with Gasteiger partial charge in [0.15, 0.2) is 0 Å². The minimum absolute atomic E-state index is 0.642. The van der Waals surface area contributed by atoms with Gasteiger partial charge in [0.1, 0.15) is 5.54 Å². The lowest BCUT2D eigenvalue weighted by Gasteiger charge is -2.33. The number of hydrogen-bond donors (Lipinski definition) is 1. The van der Waals surface area contributed by atoms with Gasteiger partial charge < -0.3 is 9.80 Å². The molecular formula is C16H26N4. The van der Waals surface area contributed by atoms with E-state index < -0.39 is 5.54 Å². The SMILES string of the molecule is CCNC(C#N)(CN(C)CCN(C)C)c1ccccc1. The molecule has 1 unspecified atom stereocenters. The van der Waals surface area contributed by atoms with Crippen LogP contribution in [0.3, 0.4) is 0 Å². The Morgan fingerprint density at radius 2 is 1.80 bits per heavy atom. The van der Waals surface area contributed by atoms with Crippen LogP contribution in [0, 0.1) is 11.3 Å². The van der Waals surface area contributed by atoms with Crippen molar-refractivity contribution in [2.75, 3.05) is 47.3 Å². The Kier molecular flexibility index (Phi) is 6.66. The molecule has 0 aromatic heterocycles. The summed E-state index contributed by atoms with van der Waals surface area (Å²) in [6, 6.07) is 12.5. The molecule has 20 heavy (non-hydrogen) atoms. The molecule has 1 rings (SSSR count). The third kappa shape index (κ3) is 4.61. The summed E-state index contributed by atoms with van der Waals surface area (Å²) in [7, 11) is 6.19. The third-order valence-electron chi connectivity index (χ3n) is 3.37. The van der Waals surface area contributed by atoms with Crippen LogP contribution in [0.15, 0.2) is 30.3 Å². The molecular weight excluding hydrogens is 248 g/mol. The molecule has 0 spiro atoms. The van der Waals surface area contributed by atoms with Gasteiger partial charge in [-0.05, 0) is 33.3 Å². The van der Waals surface area contributed by atoms with Crippen molar-refractivity contribution in [3.8, 4) is 6.07 Å². The molecule has 1 aromatic rings. The van der Waals surface area contributed by atoms with Gasteiger partial charge in [-0.3, -0.25) is 5.32 Å². The molecule has 1 N–H and O–H groups in total. The Hall–Kier alpha value is -1.41. The van der Waals surface area contributed by atoms with Gasteiger partial charge >= 0.3 is 0 Å². The molecule has 0 saturated heterocycles. The summed E-state index contributed by atoms with van der Waals surface area (Å²) in [6.07, 6.45) is 0. The van der Waals surface area contributed by atoms with E-state index in [1.54, 1.807) is 0 Å². The number of nitrogens with one attached hydrogen (secondary N) is 1. The Morgan fingerprint density at radius 3 is 2.30 bits per heavy atom. The maximum atomic E-state index is 9.74. The summed E-state index contributed by atoms with van der Waals surface area (Å²) in [5.41, 5.74) is 0.387. The molecule has 0 aliphatic rings. The first-order valence-electron chi connectivity index (χ1n) is 7.09. The van der Waals surface area contributed by atoms with E-state index in [4.69, 9.17) is 0 Å². The first-order chi connectivity index (χ1) is 9.54. The van der Waals surface area contributed by atoms with E-state index in [-0.39, 0.29) is 0 Å². The van der Waals surface area contributed by atoms with Gasteiger partial charge in [0, 0.05) is 19.6 Å². The molecule has 0 aliphatic heterocycles. The fourth-order valence-electron chi connectivity index (χ4n) is 2.27. The molecule has 1 atom stereocenters. The van der Waals surface area contributed by atoms with E-state index in [9.17, 15) is 5.26 Å². The molecule has 1 aromatic carbocycles. The van der Waals surface area contributed by atoms with Crippen molar-refractivity contribution < 1.29 is 0 Å². The highest BCUT2D eigenvalue weighted by Gasteiger charge is 2.32. The standard InChI is InChI=1S/C16H26N4/c1-5-18-16(13-17,15-9-7-6-8-10-15)14-20(4)12-11-19(2)3/h6-10,18H,5,11-12,14H2,1-4H3. The highest BCUT2D eigenvalue weighted by atomic mass is 15.2. The highest BCUT2D eigenvalue weighted by molar-refractivity contribution is 5.32. The molecule has 0 radical (unpaired) electrons. The Morgan fingerprint density at radius 1 is 1.15 bits per heavy atom.